The molecule has 21 heavy (non-hydrogen) atoms. The zero-order valence-electron chi connectivity index (χ0n) is 12.8. The van der Waals surface area contributed by atoms with Gasteiger partial charge in [0.2, 0.25) is 5.91 Å². The standard InChI is InChI=1S/C17H26N2O2/c1-2-21-15-9-6-12-19(13-15)17(20)11-10-16(18)14-7-4-3-5-8-14/h3-5,7-8,15-16H,2,6,9-13,18H2,1H3. The lowest BCUT2D eigenvalue weighted by molar-refractivity contribution is -0.135. The Morgan fingerprint density at radius 3 is 2.90 bits per heavy atom. The maximum atomic E-state index is 12.3. The topological polar surface area (TPSA) is 55.6 Å². The molecule has 1 aromatic carbocycles. The Morgan fingerprint density at radius 2 is 2.19 bits per heavy atom. The number of rotatable bonds is 6. The molecule has 116 valence electrons. The van der Waals surface area contributed by atoms with Gasteiger partial charge in [-0.3, -0.25) is 4.79 Å². The number of amides is 1. The van der Waals surface area contributed by atoms with Crippen molar-refractivity contribution in [1.82, 2.24) is 4.90 Å². The van der Waals surface area contributed by atoms with Crippen LogP contribution in [0.15, 0.2) is 30.3 Å². The van der Waals surface area contributed by atoms with E-state index < -0.39 is 0 Å². The summed E-state index contributed by atoms with van der Waals surface area (Å²) in [6.45, 7) is 4.29. The molecule has 1 aromatic rings. The molecule has 1 heterocycles. The maximum absolute atomic E-state index is 12.3. The summed E-state index contributed by atoms with van der Waals surface area (Å²) in [6.07, 6.45) is 3.49. The molecular formula is C17H26N2O2. The van der Waals surface area contributed by atoms with Crippen LogP contribution >= 0.6 is 0 Å². The highest BCUT2D eigenvalue weighted by Crippen LogP contribution is 2.18. The summed E-state index contributed by atoms with van der Waals surface area (Å²) < 4.78 is 5.64. The molecule has 0 saturated carbocycles. The molecule has 1 fully saturated rings. The number of benzene rings is 1. The van der Waals surface area contributed by atoms with Crippen molar-refractivity contribution >= 4 is 5.91 Å². The van der Waals surface area contributed by atoms with Crippen LogP contribution in [0.1, 0.15) is 44.2 Å². The lowest BCUT2D eigenvalue weighted by atomic mass is 10.0. The number of nitrogens with zero attached hydrogens (tertiary/aromatic N) is 1. The average Bonchev–Trinajstić information content (AvgIpc) is 2.53. The fourth-order valence-electron chi connectivity index (χ4n) is 2.84. The van der Waals surface area contributed by atoms with Crippen LogP contribution in [-0.2, 0) is 9.53 Å². The highest BCUT2D eigenvalue weighted by atomic mass is 16.5. The van der Waals surface area contributed by atoms with Gasteiger partial charge in [0.15, 0.2) is 0 Å². The SMILES string of the molecule is CCOC1CCCN(C(=O)CCC(N)c2ccccc2)C1. The minimum atomic E-state index is -0.0670. The van der Waals surface area contributed by atoms with Crippen LogP contribution in [-0.4, -0.2) is 36.6 Å². The first-order chi connectivity index (χ1) is 10.2. The zero-order valence-corrected chi connectivity index (χ0v) is 12.8. The third-order valence-corrected chi connectivity index (χ3v) is 4.03. The smallest absolute Gasteiger partial charge is 0.222 e. The number of piperidine rings is 1. The second-order valence-electron chi connectivity index (χ2n) is 5.62. The lowest BCUT2D eigenvalue weighted by Crippen LogP contribution is -2.43. The summed E-state index contributed by atoms with van der Waals surface area (Å²) in [5.41, 5.74) is 7.25. The third-order valence-electron chi connectivity index (χ3n) is 4.03. The van der Waals surface area contributed by atoms with Crippen LogP contribution in [0.4, 0.5) is 0 Å². The van der Waals surface area contributed by atoms with Crippen LogP contribution < -0.4 is 5.73 Å². The largest absolute Gasteiger partial charge is 0.377 e. The monoisotopic (exact) mass is 290 g/mol. The number of likely N-dealkylation sites (tertiary alicyclic amines) is 1. The molecule has 0 aliphatic carbocycles. The summed E-state index contributed by atoms with van der Waals surface area (Å²) >= 11 is 0. The second-order valence-corrected chi connectivity index (χ2v) is 5.62. The molecule has 0 radical (unpaired) electrons. The van der Waals surface area contributed by atoms with Gasteiger partial charge in [-0.25, -0.2) is 0 Å². The predicted octanol–water partition coefficient (Wildman–Crippen LogP) is 2.49. The normalized spacial score (nSPS) is 20.3. The van der Waals surface area contributed by atoms with Gasteiger partial charge in [0.1, 0.15) is 0 Å². The molecule has 2 N–H and O–H groups in total. The van der Waals surface area contributed by atoms with Crippen LogP contribution in [0.25, 0.3) is 0 Å². The molecule has 1 amide bonds. The zero-order chi connectivity index (χ0) is 15.1. The van der Waals surface area contributed by atoms with Crippen molar-refractivity contribution in [2.45, 2.75) is 44.8 Å². The van der Waals surface area contributed by atoms with E-state index in [2.05, 4.69) is 0 Å². The van der Waals surface area contributed by atoms with E-state index >= 15 is 0 Å². The van der Waals surface area contributed by atoms with Gasteiger partial charge in [-0.05, 0) is 31.7 Å². The fraction of sp³-hybridized carbons (Fsp3) is 0.588. The van der Waals surface area contributed by atoms with Crippen molar-refractivity contribution in [3.8, 4) is 0 Å². The van der Waals surface area contributed by atoms with Crippen LogP contribution in [0.3, 0.4) is 0 Å². The number of ether oxygens (including phenoxy) is 1. The Labute approximate surface area is 127 Å². The van der Waals surface area contributed by atoms with E-state index in [4.69, 9.17) is 10.5 Å². The maximum Gasteiger partial charge on any atom is 0.222 e. The van der Waals surface area contributed by atoms with Gasteiger partial charge in [-0.1, -0.05) is 30.3 Å². The minimum Gasteiger partial charge on any atom is -0.377 e. The number of hydrogen-bond acceptors (Lipinski definition) is 3. The number of hydrogen-bond donors (Lipinski definition) is 1. The molecular weight excluding hydrogens is 264 g/mol. The van der Waals surface area contributed by atoms with Crippen molar-refractivity contribution in [2.75, 3.05) is 19.7 Å². The molecule has 0 aromatic heterocycles. The molecule has 0 bridgehead atoms. The Balaban J connectivity index is 1.79. The lowest BCUT2D eigenvalue weighted by Gasteiger charge is -2.32. The van der Waals surface area contributed by atoms with E-state index in [0.29, 0.717) is 19.4 Å². The van der Waals surface area contributed by atoms with Gasteiger partial charge in [-0.2, -0.15) is 0 Å². The molecule has 2 unspecified atom stereocenters. The van der Waals surface area contributed by atoms with E-state index in [-0.39, 0.29) is 18.1 Å². The molecule has 1 aliphatic rings. The number of carbonyl (C=O) groups excluding carboxylic acids is 1. The van der Waals surface area contributed by atoms with Gasteiger partial charge in [0.25, 0.3) is 0 Å². The summed E-state index contributed by atoms with van der Waals surface area (Å²) in [6, 6.07) is 9.90. The molecule has 1 saturated heterocycles. The number of carbonyl (C=O) groups is 1. The highest BCUT2D eigenvalue weighted by molar-refractivity contribution is 5.76. The summed E-state index contributed by atoms with van der Waals surface area (Å²) in [4.78, 5) is 14.2. The molecule has 0 spiro atoms. The first kappa shape index (κ1) is 16.0. The molecule has 2 atom stereocenters. The molecule has 2 rings (SSSR count). The summed E-state index contributed by atoms with van der Waals surface area (Å²) in [5, 5.41) is 0. The quantitative estimate of drug-likeness (QED) is 0.875. The third kappa shape index (κ3) is 4.83. The van der Waals surface area contributed by atoms with Crippen molar-refractivity contribution in [3.05, 3.63) is 35.9 Å². The fourth-order valence-corrected chi connectivity index (χ4v) is 2.84. The Kier molecular flexibility index (Phi) is 6.21. The van der Waals surface area contributed by atoms with Crippen LogP contribution in [0.5, 0.6) is 0 Å². The summed E-state index contributed by atoms with van der Waals surface area (Å²) in [7, 11) is 0. The van der Waals surface area contributed by atoms with Gasteiger partial charge in [0, 0.05) is 32.2 Å². The van der Waals surface area contributed by atoms with Crippen LogP contribution in [0.2, 0.25) is 0 Å². The van der Waals surface area contributed by atoms with Gasteiger partial charge in [-0.15, -0.1) is 0 Å². The predicted molar refractivity (Wildman–Crippen MR) is 83.8 cm³/mol. The van der Waals surface area contributed by atoms with E-state index in [9.17, 15) is 4.79 Å². The van der Waals surface area contributed by atoms with Crippen molar-refractivity contribution < 1.29 is 9.53 Å². The summed E-state index contributed by atoms with van der Waals surface area (Å²) in [5.74, 6) is 0.200. The van der Waals surface area contributed by atoms with E-state index in [1.54, 1.807) is 0 Å². The van der Waals surface area contributed by atoms with Gasteiger partial charge < -0.3 is 15.4 Å². The van der Waals surface area contributed by atoms with Crippen molar-refractivity contribution in [3.63, 3.8) is 0 Å². The van der Waals surface area contributed by atoms with Gasteiger partial charge >= 0.3 is 0 Å². The molecule has 4 heteroatoms. The van der Waals surface area contributed by atoms with Crippen molar-refractivity contribution in [1.29, 1.82) is 0 Å². The van der Waals surface area contributed by atoms with E-state index in [0.717, 1.165) is 31.5 Å². The van der Waals surface area contributed by atoms with Crippen LogP contribution in [0, 0.1) is 0 Å². The Hall–Kier alpha value is -1.39. The van der Waals surface area contributed by atoms with E-state index in [1.165, 1.54) is 0 Å². The van der Waals surface area contributed by atoms with Crippen molar-refractivity contribution in [2.24, 2.45) is 5.73 Å². The number of nitrogens with two attached hydrogens (primary N) is 1. The second kappa shape index (κ2) is 8.15. The molecule has 1 aliphatic heterocycles. The van der Waals surface area contributed by atoms with E-state index in [1.807, 2.05) is 42.2 Å². The first-order valence-electron chi connectivity index (χ1n) is 7.90. The molecule has 4 nitrogen and oxygen atoms in total. The van der Waals surface area contributed by atoms with Gasteiger partial charge in [0.05, 0.1) is 6.10 Å². The minimum absolute atomic E-state index is 0.0670. The highest BCUT2D eigenvalue weighted by Gasteiger charge is 2.23. The Morgan fingerprint density at radius 1 is 1.43 bits per heavy atom. The average molecular weight is 290 g/mol. The Bertz CT molecular complexity index is 434. The first-order valence-corrected chi connectivity index (χ1v) is 7.90.